The lowest BCUT2D eigenvalue weighted by atomic mass is 10.1. The zero-order valence-electron chi connectivity index (χ0n) is 21.8. The number of aromatic nitrogens is 2. The maximum absolute atomic E-state index is 13.1. The predicted octanol–water partition coefficient (Wildman–Crippen LogP) is 3.66. The number of rotatable bonds is 10. The molecule has 0 spiro atoms. The van der Waals surface area contributed by atoms with Crippen LogP contribution in [0.4, 0.5) is 22.2 Å². The number of hydrogen-bond donors (Lipinski definition) is 1. The van der Waals surface area contributed by atoms with E-state index in [4.69, 9.17) is 9.47 Å². The minimum Gasteiger partial charge on any atom is -0.458 e. The number of carbonyl (C=O) groups excluding carboxylic acids is 2. The lowest BCUT2D eigenvalue weighted by Gasteiger charge is -2.25. The maximum Gasteiger partial charge on any atom is 0.414 e. The highest BCUT2D eigenvalue weighted by atomic mass is 16.6. The lowest BCUT2D eigenvalue weighted by molar-refractivity contribution is -0.384. The molecule has 1 amide bonds. The fourth-order valence-corrected chi connectivity index (χ4v) is 3.12. The fourth-order valence-electron chi connectivity index (χ4n) is 3.12. The largest absolute Gasteiger partial charge is 0.458 e. The zero-order chi connectivity index (χ0) is 27.0. The highest BCUT2D eigenvalue weighted by Crippen LogP contribution is 2.26. The van der Waals surface area contributed by atoms with Crippen LogP contribution in [-0.4, -0.2) is 70.7 Å². The molecule has 2 rings (SSSR count). The third-order valence-electron chi connectivity index (χ3n) is 4.94. The van der Waals surface area contributed by atoms with Crippen molar-refractivity contribution in [3.63, 3.8) is 0 Å². The number of hydrogen-bond acceptors (Lipinski definition) is 10. The van der Waals surface area contributed by atoms with Gasteiger partial charge in [-0.3, -0.25) is 10.1 Å². The maximum atomic E-state index is 13.1. The van der Waals surface area contributed by atoms with Gasteiger partial charge in [-0.1, -0.05) is 12.1 Å². The van der Waals surface area contributed by atoms with E-state index < -0.39 is 28.6 Å². The van der Waals surface area contributed by atoms with Gasteiger partial charge in [-0.2, -0.15) is 4.98 Å². The van der Waals surface area contributed by atoms with Crippen LogP contribution in [-0.2, 0) is 16.0 Å². The van der Waals surface area contributed by atoms with Crippen LogP contribution in [0.2, 0.25) is 0 Å². The van der Waals surface area contributed by atoms with Crippen LogP contribution in [0.5, 0.6) is 5.75 Å². The Labute approximate surface area is 210 Å². The highest BCUT2D eigenvalue weighted by Gasteiger charge is 2.29. The van der Waals surface area contributed by atoms with Crippen molar-refractivity contribution in [2.75, 3.05) is 37.4 Å². The quantitative estimate of drug-likeness (QED) is 0.291. The summed E-state index contributed by atoms with van der Waals surface area (Å²) in [6.07, 6.45) is 0.748. The van der Waals surface area contributed by atoms with Crippen LogP contribution in [0.1, 0.15) is 40.2 Å². The van der Waals surface area contributed by atoms with Gasteiger partial charge in [0.15, 0.2) is 0 Å². The average molecular weight is 503 g/mol. The summed E-state index contributed by atoms with van der Waals surface area (Å²) >= 11 is 0. The van der Waals surface area contributed by atoms with E-state index >= 15 is 0 Å². The first-order valence-electron chi connectivity index (χ1n) is 11.6. The van der Waals surface area contributed by atoms with Crippen molar-refractivity contribution in [2.45, 2.75) is 52.7 Å². The number of nitrogens with one attached hydrogen (secondary N) is 1. The first-order valence-corrected chi connectivity index (χ1v) is 11.6. The fraction of sp³-hybridized carbons (Fsp3) is 0.500. The first kappa shape index (κ1) is 28.3. The molecule has 0 saturated heterocycles. The number of benzene rings is 1. The van der Waals surface area contributed by atoms with Gasteiger partial charge in [0.1, 0.15) is 23.6 Å². The van der Waals surface area contributed by atoms with Gasteiger partial charge in [-0.15, -0.1) is 0 Å². The highest BCUT2D eigenvalue weighted by molar-refractivity contribution is 5.81. The van der Waals surface area contributed by atoms with Gasteiger partial charge in [0, 0.05) is 33.6 Å². The van der Waals surface area contributed by atoms with Gasteiger partial charge in [0.25, 0.3) is 0 Å². The van der Waals surface area contributed by atoms with Crippen molar-refractivity contribution < 1.29 is 24.0 Å². The summed E-state index contributed by atoms with van der Waals surface area (Å²) in [6, 6.07) is 5.63. The number of esters is 1. The zero-order valence-corrected chi connectivity index (χ0v) is 21.8. The molecule has 196 valence electrons. The molecule has 36 heavy (non-hydrogen) atoms. The molecule has 0 aliphatic rings. The molecule has 1 aromatic heterocycles. The Morgan fingerprint density at radius 3 is 2.25 bits per heavy atom. The second kappa shape index (κ2) is 12.1. The molecule has 0 aliphatic heterocycles. The molecule has 0 saturated carbocycles. The summed E-state index contributed by atoms with van der Waals surface area (Å²) in [5.41, 5.74) is -0.417. The second-order valence-electron chi connectivity index (χ2n) is 9.17. The normalized spacial score (nSPS) is 11.9. The molecule has 0 aliphatic carbocycles. The van der Waals surface area contributed by atoms with E-state index in [0.717, 1.165) is 6.20 Å². The van der Waals surface area contributed by atoms with Crippen LogP contribution in [0.15, 0.2) is 30.5 Å². The van der Waals surface area contributed by atoms with Gasteiger partial charge in [0.2, 0.25) is 11.8 Å². The Kier molecular flexibility index (Phi) is 9.53. The summed E-state index contributed by atoms with van der Waals surface area (Å²) in [5.74, 6) is -0.0233. The Hall–Kier alpha value is -3.96. The summed E-state index contributed by atoms with van der Waals surface area (Å²) in [7, 11) is 3.15. The van der Waals surface area contributed by atoms with Crippen molar-refractivity contribution in [3.8, 4) is 5.75 Å². The minimum atomic E-state index is -0.988. The molecule has 2 aromatic rings. The van der Waals surface area contributed by atoms with E-state index in [2.05, 4.69) is 15.3 Å². The summed E-state index contributed by atoms with van der Waals surface area (Å²) in [6.45, 7) is 10.3. The molecule has 1 N–H and O–H groups in total. The number of nitro groups is 1. The topological polar surface area (TPSA) is 140 Å². The smallest absolute Gasteiger partial charge is 0.414 e. The predicted molar refractivity (Wildman–Crippen MR) is 135 cm³/mol. The molecule has 1 unspecified atom stereocenters. The van der Waals surface area contributed by atoms with E-state index in [0.29, 0.717) is 30.4 Å². The van der Waals surface area contributed by atoms with Gasteiger partial charge in [0.05, 0.1) is 4.92 Å². The van der Waals surface area contributed by atoms with Crippen molar-refractivity contribution in [2.24, 2.45) is 0 Å². The van der Waals surface area contributed by atoms with Crippen LogP contribution >= 0.6 is 0 Å². The number of ether oxygens (including phenoxy) is 2. The SMILES string of the molecule is CCN(CC)c1ncc([N+](=O)[O-])c(NC(Cc2ccc(OC(=O)N(C)C)cc2)C(=O)OC(C)(C)C)n1. The third kappa shape index (κ3) is 8.07. The van der Waals surface area contributed by atoms with Crippen LogP contribution in [0, 0.1) is 10.1 Å². The number of carbonyl (C=O) groups is 2. The summed E-state index contributed by atoms with van der Waals surface area (Å²) in [5, 5.41) is 14.6. The van der Waals surface area contributed by atoms with Gasteiger partial charge in [-0.05, 0) is 52.3 Å². The lowest BCUT2D eigenvalue weighted by Crippen LogP contribution is -2.38. The van der Waals surface area contributed by atoms with Crippen LogP contribution in [0.3, 0.4) is 0 Å². The van der Waals surface area contributed by atoms with Crippen molar-refractivity contribution in [1.29, 1.82) is 0 Å². The van der Waals surface area contributed by atoms with E-state index in [1.807, 2.05) is 18.7 Å². The molecule has 0 radical (unpaired) electrons. The van der Waals surface area contributed by atoms with Crippen LogP contribution < -0.4 is 15.0 Å². The monoisotopic (exact) mass is 502 g/mol. The summed E-state index contributed by atoms with van der Waals surface area (Å²) < 4.78 is 10.8. The molecule has 1 atom stereocenters. The molecule has 1 heterocycles. The molecule has 0 bridgehead atoms. The van der Waals surface area contributed by atoms with Crippen LogP contribution in [0.25, 0.3) is 0 Å². The van der Waals surface area contributed by atoms with Crippen molar-refractivity contribution in [1.82, 2.24) is 14.9 Å². The molecule has 12 heteroatoms. The van der Waals surface area contributed by atoms with E-state index in [1.54, 1.807) is 59.1 Å². The first-order chi connectivity index (χ1) is 16.8. The van der Waals surface area contributed by atoms with Crippen molar-refractivity contribution in [3.05, 3.63) is 46.1 Å². The van der Waals surface area contributed by atoms with Gasteiger partial charge in [-0.25, -0.2) is 14.6 Å². The van der Waals surface area contributed by atoms with Gasteiger partial charge >= 0.3 is 17.7 Å². The third-order valence-corrected chi connectivity index (χ3v) is 4.94. The van der Waals surface area contributed by atoms with E-state index in [9.17, 15) is 19.7 Å². The Balaban J connectivity index is 2.38. The average Bonchev–Trinajstić information content (AvgIpc) is 2.79. The van der Waals surface area contributed by atoms with E-state index in [1.165, 1.54) is 4.90 Å². The van der Waals surface area contributed by atoms with E-state index in [-0.39, 0.29) is 17.9 Å². The minimum absolute atomic E-state index is 0.0794. The number of amides is 1. The molecular weight excluding hydrogens is 468 g/mol. The Morgan fingerprint density at radius 1 is 1.14 bits per heavy atom. The molecule has 1 aromatic carbocycles. The standard InChI is InChI=1S/C24H34N6O6/c1-8-29(9-2)22-25-15-19(30(33)34)20(27-22)26-18(21(31)36-24(3,4)5)14-16-10-12-17(13-11-16)35-23(32)28(6)7/h10-13,15,18H,8-9,14H2,1-7H3,(H,25,26,27). The summed E-state index contributed by atoms with van der Waals surface area (Å²) in [4.78, 5) is 47.5. The second-order valence-corrected chi connectivity index (χ2v) is 9.17. The Morgan fingerprint density at radius 2 is 1.75 bits per heavy atom. The molecular formula is C24H34N6O6. The Bertz CT molecular complexity index is 1060. The van der Waals surface area contributed by atoms with Gasteiger partial charge < -0.3 is 24.6 Å². The molecule has 12 nitrogen and oxygen atoms in total. The number of nitrogens with zero attached hydrogens (tertiary/aromatic N) is 5. The number of anilines is 2. The van der Waals surface area contributed by atoms with Crippen molar-refractivity contribution >= 4 is 29.5 Å². The molecule has 0 fully saturated rings.